The van der Waals surface area contributed by atoms with Crippen molar-refractivity contribution in [1.29, 1.82) is 0 Å². The molecule has 0 radical (unpaired) electrons. The first-order chi connectivity index (χ1) is 13.1. The van der Waals surface area contributed by atoms with Gasteiger partial charge in [-0.1, -0.05) is 6.42 Å². The van der Waals surface area contributed by atoms with Gasteiger partial charge in [-0.15, -0.1) is 0 Å². The van der Waals surface area contributed by atoms with Gasteiger partial charge in [0.05, 0.1) is 5.56 Å². The van der Waals surface area contributed by atoms with E-state index in [1.807, 2.05) is 47.3 Å². The number of ether oxygens (including phenoxy) is 1. The Kier molecular flexibility index (Phi) is 5.21. The van der Waals surface area contributed by atoms with Crippen molar-refractivity contribution in [2.45, 2.75) is 44.2 Å². The van der Waals surface area contributed by atoms with Crippen LogP contribution in [-0.2, 0) is 0 Å². The van der Waals surface area contributed by atoms with Gasteiger partial charge in [0.15, 0.2) is 0 Å². The zero-order valence-corrected chi connectivity index (χ0v) is 16.3. The molecule has 0 N–H and O–H groups in total. The zero-order chi connectivity index (χ0) is 18.8. The molecule has 2 aliphatic rings. The summed E-state index contributed by atoms with van der Waals surface area (Å²) in [6.45, 7) is 2.33. The quantitative estimate of drug-likeness (QED) is 0.811. The maximum absolute atomic E-state index is 12.0. The molecule has 2 heterocycles. The van der Waals surface area contributed by atoms with Gasteiger partial charge in [0.1, 0.15) is 11.9 Å². The average molecular weight is 367 g/mol. The predicted molar refractivity (Wildman–Crippen MR) is 107 cm³/mol. The third-order valence-corrected chi connectivity index (χ3v) is 5.85. The molecule has 4 rings (SSSR count). The molecule has 1 saturated carbocycles. The summed E-state index contributed by atoms with van der Waals surface area (Å²) >= 11 is 0. The van der Waals surface area contributed by atoms with E-state index in [0.717, 1.165) is 30.3 Å². The SMILES string of the molecule is CN(C)C(=O)c1ccn(-c2ccc(OC3CCN(C4CCC4)CC3)cc2)c1. The van der Waals surface area contributed by atoms with E-state index >= 15 is 0 Å². The lowest BCUT2D eigenvalue weighted by Crippen LogP contribution is -2.46. The van der Waals surface area contributed by atoms with Crippen molar-refractivity contribution in [3.05, 3.63) is 48.3 Å². The van der Waals surface area contributed by atoms with Gasteiger partial charge in [-0.05, 0) is 56.0 Å². The number of hydrogen-bond donors (Lipinski definition) is 0. The van der Waals surface area contributed by atoms with Gasteiger partial charge in [-0.25, -0.2) is 0 Å². The van der Waals surface area contributed by atoms with Crippen molar-refractivity contribution in [2.24, 2.45) is 0 Å². The minimum Gasteiger partial charge on any atom is -0.490 e. The maximum Gasteiger partial charge on any atom is 0.254 e. The number of carbonyl (C=O) groups is 1. The molecule has 0 spiro atoms. The molecule has 0 atom stereocenters. The summed E-state index contributed by atoms with van der Waals surface area (Å²) in [4.78, 5) is 16.3. The first kappa shape index (κ1) is 18.1. The standard InChI is InChI=1S/C22H29N3O2/c1-23(2)22(26)17-10-13-25(16-17)19-6-8-20(9-7-19)27-21-11-14-24(15-12-21)18-4-3-5-18/h6-10,13,16,18,21H,3-5,11-12,14-15H2,1-2H3. The molecule has 1 aromatic carbocycles. The number of rotatable bonds is 5. The molecule has 0 bridgehead atoms. The number of aromatic nitrogens is 1. The Morgan fingerprint density at radius 1 is 1.04 bits per heavy atom. The summed E-state index contributed by atoms with van der Waals surface area (Å²) in [5, 5.41) is 0. The van der Waals surface area contributed by atoms with E-state index in [2.05, 4.69) is 4.90 Å². The van der Waals surface area contributed by atoms with Gasteiger partial charge < -0.3 is 19.1 Å². The molecular weight excluding hydrogens is 338 g/mol. The van der Waals surface area contributed by atoms with Gasteiger partial charge >= 0.3 is 0 Å². The number of hydrogen-bond acceptors (Lipinski definition) is 3. The van der Waals surface area contributed by atoms with Crippen molar-refractivity contribution in [2.75, 3.05) is 27.2 Å². The van der Waals surface area contributed by atoms with Gasteiger partial charge in [0.2, 0.25) is 0 Å². The lowest BCUT2D eigenvalue weighted by Gasteiger charge is -2.41. The van der Waals surface area contributed by atoms with E-state index < -0.39 is 0 Å². The van der Waals surface area contributed by atoms with E-state index in [0.29, 0.717) is 11.7 Å². The largest absolute Gasteiger partial charge is 0.490 e. The van der Waals surface area contributed by atoms with Crippen LogP contribution in [0, 0.1) is 0 Å². The molecule has 5 nitrogen and oxygen atoms in total. The lowest BCUT2D eigenvalue weighted by molar-refractivity contribution is 0.0493. The molecule has 27 heavy (non-hydrogen) atoms. The van der Waals surface area contributed by atoms with E-state index in [1.165, 1.54) is 32.4 Å². The molecule has 2 fully saturated rings. The summed E-state index contributed by atoms with van der Waals surface area (Å²) in [5.74, 6) is 0.944. The summed E-state index contributed by atoms with van der Waals surface area (Å²) < 4.78 is 8.17. The van der Waals surface area contributed by atoms with E-state index in [9.17, 15) is 4.79 Å². The first-order valence-electron chi connectivity index (χ1n) is 10.0. The Balaban J connectivity index is 1.33. The molecule has 144 valence electrons. The number of nitrogens with zero attached hydrogens (tertiary/aromatic N) is 3. The van der Waals surface area contributed by atoms with Crippen LogP contribution in [0.4, 0.5) is 0 Å². The second-order valence-corrected chi connectivity index (χ2v) is 7.94. The predicted octanol–water partition coefficient (Wildman–Crippen LogP) is 3.57. The number of carbonyl (C=O) groups excluding carboxylic acids is 1. The summed E-state index contributed by atoms with van der Waals surface area (Å²) in [5.41, 5.74) is 1.72. The van der Waals surface area contributed by atoms with Crippen molar-refractivity contribution < 1.29 is 9.53 Å². The van der Waals surface area contributed by atoms with Gasteiger partial charge in [0.25, 0.3) is 5.91 Å². The number of likely N-dealkylation sites (tertiary alicyclic amines) is 1. The fourth-order valence-corrected chi connectivity index (χ4v) is 3.94. The smallest absolute Gasteiger partial charge is 0.254 e. The summed E-state index contributed by atoms with van der Waals surface area (Å²) in [6.07, 6.45) is 10.5. The summed E-state index contributed by atoms with van der Waals surface area (Å²) in [7, 11) is 3.53. The molecule has 1 aliphatic carbocycles. The fraction of sp³-hybridized carbons (Fsp3) is 0.500. The zero-order valence-electron chi connectivity index (χ0n) is 16.3. The van der Waals surface area contributed by atoms with Crippen molar-refractivity contribution in [1.82, 2.24) is 14.4 Å². The highest BCUT2D eigenvalue weighted by atomic mass is 16.5. The monoisotopic (exact) mass is 367 g/mol. The Morgan fingerprint density at radius 2 is 1.74 bits per heavy atom. The van der Waals surface area contributed by atoms with Crippen LogP contribution in [0.1, 0.15) is 42.5 Å². The topological polar surface area (TPSA) is 37.7 Å². The number of benzene rings is 1. The second kappa shape index (κ2) is 7.77. The van der Waals surface area contributed by atoms with Crippen molar-refractivity contribution >= 4 is 5.91 Å². The molecule has 1 aliphatic heterocycles. The van der Waals surface area contributed by atoms with Crippen molar-refractivity contribution in [3.8, 4) is 11.4 Å². The third kappa shape index (κ3) is 4.03. The summed E-state index contributed by atoms with van der Waals surface area (Å²) in [6, 6.07) is 10.8. The minimum absolute atomic E-state index is 0.0157. The van der Waals surface area contributed by atoms with E-state index in [4.69, 9.17) is 4.74 Å². The van der Waals surface area contributed by atoms with Crippen LogP contribution < -0.4 is 4.74 Å². The molecular formula is C22H29N3O2. The first-order valence-corrected chi connectivity index (χ1v) is 10.0. The Bertz CT molecular complexity index is 769. The van der Waals surface area contributed by atoms with Crippen LogP contribution in [0.3, 0.4) is 0 Å². The minimum atomic E-state index is 0.0157. The number of piperidine rings is 1. The average Bonchev–Trinajstić information content (AvgIpc) is 3.12. The Labute approximate surface area is 161 Å². The number of amides is 1. The van der Waals surface area contributed by atoms with Gasteiger partial charge in [-0.2, -0.15) is 0 Å². The van der Waals surface area contributed by atoms with Crippen LogP contribution in [0.25, 0.3) is 5.69 Å². The molecule has 1 amide bonds. The maximum atomic E-state index is 12.0. The van der Waals surface area contributed by atoms with E-state index in [-0.39, 0.29) is 5.91 Å². The molecule has 5 heteroatoms. The second-order valence-electron chi connectivity index (χ2n) is 7.94. The highest BCUT2D eigenvalue weighted by molar-refractivity contribution is 5.93. The van der Waals surface area contributed by atoms with Crippen molar-refractivity contribution in [3.63, 3.8) is 0 Å². The molecule has 0 unspecified atom stereocenters. The van der Waals surface area contributed by atoms with Crippen LogP contribution in [0.2, 0.25) is 0 Å². The van der Waals surface area contributed by atoms with Crippen LogP contribution in [0.15, 0.2) is 42.7 Å². The fourth-order valence-electron chi connectivity index (χ4n) is 3.94. The Hall–Kier alpha value is -2.27. The lowest BCUT2D eigenvalue weighted by atomic mass is 9.90. The van der Waals surface area contributed by atoms with Crippen LogP contribution in [-0.4, -0.2) is 59.6 Å². The highest BCUT2D eigenvalue weighted by Gasteiger charge is 2.29. The van der Waals surface area contributed by atoms with Gasteiger partial charge in [0, 0.05) is 51.3 Å². The van der Waals surface area contributed by atoms with Gasteiger partial charge in [-0.3, -0.25) is 4.79 Å². The van der Waals surface area contributed by atoms with Crippen LogP contribution in [0.5, 0.6) is 5.75 Å². The third-order valence-electron chi connectivity index (χ3n) is 5.85. The van der Waals surface area contributed by atoms with E-state index in [1.54, 1.807) is 19.0 Å². The molecule has 2 aromatic rings. The molecule has 1 aromatic heterocycles. The molecule has 1 saturated heterocycles. The highest BCUT2D eigenvalue weighted by Crippen LogP contribution is 2.28. The Morgan fingerprint density at radius 3 is 2.33 bits per heavy atom. The van der Waals surface area contributed by atoms with Crippen LogP contribution >= 0.6 is 0 Å². The normalized spacial score (nSPS) is 18.9.